The molecule has 3 fully saturated rings. The molecule has 3 aromatic carbocycles. The first-order valence-corrected chi connectivity index (χ1v) is 22.7. The first-order valence-electron chi connectivity index (χ1n) is 20.8. The molecule has 18 heteroatoms. The number of rotatable bonds is 10. The zero-order valence-corrected chi connectivity index (χ0v) is 36.6. The maximum atomic E-state index is 16.3. The molecule has 328 valence electrons. The fourth-order valence-corrected chi connectivity index (χ4v) is 11.4. The number of hydrogen-bond acceptors (Lipinski definition) is 12. The Bertz CT molecular complexity index is 2480. The Balaban J connectivity index is 0.808. The van der Waals surface area contributed by atoms with Crippen molar-refractivity contribution in [3.8, 4) is 11.5 Å². The van der Waals surface area contributed by atoms with Crippen LogP contribution in [-0.2, 0) is 20.1 Å². The van der Waals surface area contributed by atoms with Crippen molar-refractivity contribution in [1.82, 2.24) is 20.5 Å². The summed E-state index contributed by atoms with van der Waals surface area (Å²) < 4.78 is 35.1. The van der Waals surface area contributed by atoms with Gasteiger partial charge in [-0.1, -0.05) is 65.8 Å². The average Bonchev–Trinajstić information content (AvgIpc) is 3.91. The number of fused-ring (bicyclic) bond motifs is 4. The number of carbonyl (C=O) groups excluding carboxylic acids is 4. The highest BCUT2D eigenvalue weighted by atomic mass is 32.2. The SMILES string of the molecule is CC(C)(C)OC(=O)Nc1nc(/C(=N/O)C(=O)N[C@@H]2C(=O)N3C=C(C[N+]4(C)[C@@H]5CC[C@H]4CC(NC(=O)c4ccc6c(c4F)OC(c4ccccc4)(c4ccccc4)O6)C5)CS[C@H]23)cs1. The van der Waals surface area contributed by atoms with Crippen molar-refractivity contribution in [2.45, 2.75) is 87.4 Å². The lowest BCUT2D eigenvalue weighted by Crippen LogP contribution is -2.69. The number of carbonyl (C=O) groups is 4. The minimum atomic E-state index is -1.42. The van der Waals surface area contributed by atoms with Gasteiger partial charge in [-0.05, 0) is 32.9 Å². The lowest BCUT2D eigenvalue weighted by molar-refractivity contribution is -0.944. The van der Waals surface area contributed by atoms with Crippen LogP contribution in [0, 0.1) is 5.82 Å². The van der Waals surface area contributed by atoms with Gasteiger partial charge < -0.3 is 39.4 Å². The fraction of sp³-hybridized carbons (Fsp3) is 0.378. The molecule has 4 N–H and O–H groups in total. The largest absolute Gasteiger partial charge is 0.444 e. The van der Waals surface area contributed by atoms with Gasteiger partial charge in [-0.3, -0.25) is 19.7 Å². The Labute approximate surface area is 371 Å². The molecule has 5 aliphatic rings. The second kappa shape index (κ2) is 16.3. The van der Waals surface area contributed by atoms with Gasteiger partial charge in [0.25, 0.3) is 17.7 Å². The zero-order chi connectivity index (χ0) is 44.3. The Morgan fingerprint density at radius 2 is 1.67 bits per heavy atom. The number of nitrogens with zero attached hydrogens (tertiary/aromatic N) is 4. The normalized spacial score (nSPS) is 25.6. The third-order valence-electron chi connectivity index (χ3n) is 12.4. The van der Waals surface area contributed by atoms with Crippen LogP contribution >= 0.6 is 23.1 Å². The average molecular weight is 897 g/mol. The van der Waals surface area contributed by atoms with Crippen LogP contribution in [0.25, 0.3) is 0 Å². The molecule has 6 atom stereocenters. The van der Waals surface area contributed by atoms with Crippen LogP contribution in [0.5, 0.6) is 11.5 Å². The number of benzene rings is 3. The number of aromatic nitrogens is 1. The van der Waals surface area contributed by atoms with Crippen molar-refractivity contribution in [2.75, 3.05) is 24.7 Å². The molecule has 6 heterocycles. The number of likely N-dealkylation sites (N-methyl/N-ethyl adjacent to an activating group) is 1. The van der Waals surface area contributed by atoms with Crippen molar-refractivity contribution >= 4 is 57.8 Å². The Kier molecular flexibility index (Phi) is 10.9. The highest BCUT2D eigenvalue weighted by Gasteiger charge is 2.55. The summed E-state index contributed by atoms with van der Waals surface area (Å²) >= 11 is 2.57. The number of nitrogens with one attached hydrogen (secondary N) is 3. The van der Waals surface area contributed by atoms with Crippen molar-refractivity contribution in [2.24, 2.45) is 5.16 Å². The van der Waals surface area contributed by atoms with E-state index in [2.05, 4.69) is 33.1 Å². The maximum Gasteiger partial charge on any atom is 0.413 e. The number of hydrogen-bond donors (Lipinski definition) is 4. The molecule has 15 nitrogen and oxygen atoms in total. The van der Waals surface area contributed by atoms with Crippen molar-refractivity contribution in [1.29, 1.82) is 0 Å². The molecular formula is C45H47FN7O8S2+. The van der Waals surface area contributed by atoms with Gasteiger partial charge in [0.1, 0.15) is 29.3 Å². The Morgan fingerprint density at radius 3 is 2.30 bits per heavy atom. The van der Waals surface area contributed by atoms with Crippen molar-refractivity contribution < 1.29 is 47.5 Å². The summed E-state index contributed by atoms with van der Waals surface area (Å²) in [6.45, 7) is 5.89. The number of halogens is 1. The third-order valence-corrected chi connectivity index (χ3v) is 14.5. The van der Waals surface area contributed by atoms with Crippen LogP contribution in [0.2, 0.25) is 0 Å². The van der Waals surface area contributed by atoms with E-state index in [1.807, 2.05) is 66.9 Å². The second-order valence-corrected chi connectivity index (χ2v) is 19.6. The lowest BCUT2D eigenvalue weighted by Gasteiger charge is -2.50. The number of amides is 4. The van der Waals surface area contributed by atoms with E-state index in [4.69, 9.17) is 14.2 Å². The van der Waals surface area contributed by atoms with E-state index in [1.54, 1.807) is 43.5 Å². The van der Waals surface area contributed by atoms with Gasteiger partial charge in [0.15, 0.2) is 22.4 Å². The van der Waals surface area contributed by atoms with Crippen LogP contribution in [0.15, 0.2) is 95.1 Å². The standard InChI is InChI=1S/C45H46FN7O8S2/c1-44(2,3)61-43(57)50-42-48-32(24-63-42)35(51-58)39(55)49-36-40(56)52-21-25(23-62-41(36)52)22-53(4)29-15-16-30(53)20-28(19-29)47-38(54)31-17-18-33-37(34(31)46)60-45(59-33,26-11-7-5-8-12-26)27-13-9-6-10-14-27/h5-14,17-18,21,24,28-30,36,41H,15-16,19-20,22-23H2,1-4H3,(H3-,47,48,49,50,54,55,57,58)/p+1/t28?,29-,30+,36-,41-,53?/m1/s1. The smallest absolute Gasteiger partial charge is 0.413 e. The van der Waals surface area contributed by atoms with Crippen molar-refractivity contribution in [3.63, 3.8) is 0 Å². The van der Waals surface area contributed by atoms with Gasteiger partial charge in [0, 0.05) is 65.8 Å². The van der Waals surface area contributed by atoms with Crippen molar-refractivity contribution in [3.05, 3.63) is 118 Å². The van der Waals surface area contributed by atoms with Crippen LogP contribution < -0.4 is 25.4 Å². The summed E-state index contributed by atoms with van der Waals surface area (Å²) in [5, 5.41) is 22.4. The molecular weight excluding hydrogens is 850 g/mol. The zero-order valence-electron chi connectivity index (χ0n) is 35.0. The first kappa shape index (κ1) is 42.3. The van der Waals surface area contributed by atoms with Gasteiger partial charge in [-0.15, -0.1) is 23.1 Å². The summed E-state index contributed by atoms with van der Waals surface area (Å²) in [7, 11) is 2.24. The molecule has 63 heavy (non-hydrogen) atoms. The van der Waals surface area contributed by atoms with E-state index in [9.17, 15) is 24.4 Å². The molecule has 5 aliphatic heterocycles. The molecule has 4 amide bonds. The van der Waals surface area contributed by atoms with Gasteiger partial charge >= 0.3 is 11.9 Å². The quantitative estimate of drug-likeness (QED) is 0.0462. The van der Waals surface area contributed by atoms with E-state index >= 15 is 4.39 Å². The van der Waals surface area contributed by atoms with Crippen LogP contribution in [-0.4, -0.2) is 104 Å². The van der Waals surface area contributed by atoms with Gasteiger partial charge in [-0.25, -0.2) is 14.2 Å². The predicted molar refractivity (Wildman–Crippen MR) is 233 cm³/mol. The molecule has 3 saturated heterocycles. The fourth-order valence-electron chi connectivity index (χ4n) is 9.45. The number of quaternary nitrogens is 1. The molecule has 0 radical (unpaired) electrons. The second-order valence-electron chi connectivity index (χ2n) is 17.6. The van der Waals surface area contributed by atoms with E-state index in [0.717, 1.165) is 53.6 Å². The monoisotopic (exact) mass is 896 g/mol. The summed E-state index contributed by atoms with van der Waals surface area (Å²) in [6, 6.07) is 21.2. The minimum absolute atomic E-state index is 0.0254. The number of piperidine rings is 1. The molecule has 0 spiro atoms. The number of oxime groups is 1. The molecule has 4 aromatic rings. The summed E-state index contributed by atoms with van der Waals surface area (Å²) in [5.41, 5.74) is 1.28. The number of anilines is 1. The summed E-state index contributed by atoms with van der Waals surface area (Å²) in [5.74, 6) is -3.00. The predicted octanol–water partition coefficient (Wildman–Crippen LogP) is 6.33. The van der Waals surface area contributed by atoms with E-state index in [0.29, 0.717) is 16.9 Å². The molecule has 9 rings (SSSR count). The molecule has 2 bridgehead atoms. The topological polar surface area (TPSA) is 181 Å². The minimum Gasteiger partial charge on any atom is -0.444 e. The van der Waals surface area contributed by atoms with Gasteiger partial charge in [0.05, 0.1) is 24.7 Å². The van der Waals surface area contributed by atoms with Gasteiger partial charge in [0.2, 0.25) is 5.75 Å². The highest BCUT2D eigenvalue weighted by Crippen LogP contribution is 2.50. The van der Waals surface area contributed by atoms with Crippen LogP contribution in [0.4, 0.5) is 14.3 Å². The Morgan fingerprint density at radius 1 is 1.00 bits per heavy atom. The molecule has 0 saturated carbocycles. The van der Waals surface area contributed by atoms with E-state index in [-0.39, 0.29) is 57.3 Å². The third kappa shape index (κ3) is 7.88. The Hall–Kier alpha value is -5.98. The molecule has 0 aliphatic carbocycles. The highest BCUT2D eigenvalue weighted by molar-refractivity contribution is 8.00. The van der Waals surface area contributed by atoms with Gasteiger partial charge in [-0.2, -0.15) is 0 Å². The maximum absolute atomic E-state index is 16.3. The number of β-lactam (4-membered cyclic amide) rings is 1. The number of ether oxygens (including phenoxy) is 3. The van der Waals surface area contributed by atoms with E-state index in [1.165, 1.54) is 11.4 Å². The summed E-state index contributed by atoms with van der Waals surface area (Å²) in [4.78, 5) is 58.4. The van der Waals surface area contributed by atoms with Crippen LogP contribution in [0.1, 0.15) is 73.6 Å². The molecule has 2 unspecified atom stereocenters. The summed E-state index contributed by atoms with van der Waals surface area (Å²) in [6.07, 6.45) is 4.59. The number of thiazole rings is 1. The molecule has 1 aromatic heterocycles. The first-order chi connectivity index (χ1) is 30.2. The lowest BCUT2D eigenvalue weighted by atomic mass is 9.93. The number of thioether (sulfide) groups is 1. The van der Waals surface area contributed by atoms with Crippen LogP contribution in [0.3, 0.4) is 0 Å². The van der Waals surface area contributed by atoms with E-state index < -0.39 is 46.9 Å².